The highest BCUT2D eigenvalue weighted by atomic mass is 35.5. The van der Waals surface area contributed by atoms with Crippen molar-refractivity contribution in [2.24, 2.45) is 0 Å². The van der Waals surface area contributed by atoms with Crippen molar-refractivity contribution < 1.29 is 4.79 Å². The second-order valence-electron chi connectivity index (χ2n) is 4.24. The molecule has 0 bridgehead atoms. The van der Waals surface area contributed by atoms with Crippen LogP contribution in [0.25, 0.3) is 5.69 Å². The van der Waals surface area contributed by atoms with Gasteiger partial charge in [-0.3, -0.25) is 4.79 Å². The topological polar surface area (TPSA) is 38.1 Å². The number of imidazole rings is 1. The van der Waals surface area contributed by atoms with Crippen LogP contribution in [0.2, 0.25) is 10.0 Å². The van der Waals surface area contributed by atoms with Gasteiger partial charge in [-0.05, 0) is 32.0 Å². The first-order valence-corrected chi connectivity index (χ1v) is 7.11. The van der Waals surface area contributed by atoms with Crippen LogP contribution in [0.5, 0.6) is 0 Å². The number of hydrogen-bond acceptors (Lipinski definition) is 2. The zero-order valence-corrected chi connectivity index (χ0v) is 12.8. The number of carbonyl (C=O) groups is 1. The summed E-state index contributed by atoms with van der Waals surface area (Å²) in [4.78, 5) is 18.1. The van der Waals surface area contributed by atoms with E-state index < -0.39 is 0 Å². The number of nitrogens with zero attached hydrogens (tertiary/aromatic N) is 3. The van der Waals surface area contributed by atoms with Crippen LogP contribution in [0.15, 0.2) is 30.7 Å². The van der Waals surface area contributed by atoms with Gasteiger partial charge in [0, 0.05) is 24.3 Å². The molecule has 4 nitrogen and oxygen atoms in total. The maximum absolute atomic E-state index is 12.2. The molecule has 0 saturated carbocycles. The van der Waals surface area contributed by atoms with E-state index in [9.17, 15) is 4.79 Å². The van der Waals surface area contributed by atoms with E-state index in [4.69, 9.17) is 23.2 Å². The van der Waals surface area contributed by atoms with Crippen LogP contribution in [-0.2, 0) is 0 Å². The number of carbonyl (C=O) groups excluding carboxylic acids is 1. The van der Waals surface area contributed by atoms with Crippen LogP contribution in [0.3, 0.4) is 0 Å². The molecular formula is C14H15Cl2N3O. The Morgan fingerprint density at radius 3 is 2.60 bits per heavy atom. The minimum atomic E-state index is -0.0844. The summed E-state index contributed by atoms with van der Waals surface area (Å²) < 4.78 is 1.72. The van der Waals surface area contributed by atoms with Gasteiger partial charge in [0.25, 0.3) is 5.91 Å². The summed E-state index contributed by atoms with van der Waals surface area (Å²) in [5, 5.41) is 1.08. The maximum Gasteiger partial charge on any atom is 0.274 e. The largest absolute Gasteiger partial charge is 0.338 e. The number of aromatic nitrogens is 2. The summed E-state index contributed by atoms with van der Waals surface area (Å²) in [7, 11) is 0. The predicted molar refractivity (Wildman–Crippen MR) is 80.8 cm³/mol. The zero-order valence-electron chi connectivity index (χ0n) is 11.3. The van der Waals surface area contributed by atoms with Crippen molar-refractivity contribution in [2.45, 2.75) is 13.8 Å². The average Bonchev–Trinajstić information content (AvgIpc) is 2.89. The molecule has 1 heterocycles. The van der Waals surface area contributed by atoms with Gasteiger partial charge in [-0.2, -0.15) is 0 Å². The molecule has 0 aliphatic rings. The molecule has 0 unspecified atom stereocenters. The molecule has 0 saturated heterocycles. The van der Waals surface area contributed by atoms with Crippen molar-refractivity contribution >= 4 is 29.1 Å². The monoisotopic (exact) mass is 311 g/mol. The number of halogens is 2. The smallest absolute Gasteiger partial charge is 0.274 e. The summed E-state index contributed by atoms with van der Waals surface area (Å²) in [6, 6.07) is 5.19. The van der Waals surface area contributed by atoms with Crippen molar-refractivity contribution in [2.75, 3.05) is 13.1 Å². The predicted octanol–water partition coefficient (Wildman–Crippen LogP) is 3.66. The average molecular weight is 312 g/mol. The third-order valence-corrected chi connectivity index (χ3v) is 3.58. The molecule has 2 aromatic rings. The van der Waals surface area contributed by atoms with Crippen molar-refractivity contribution in [3.8, 4) is 5.69 Å². The number of benzene rings is 1. The first-order valence-electron chi connectivity index (χ1n) is 6.35. The Balaban J connectivity index is 2.31. The van der Waals surface area contributed by atoms with E-state index in [2.05, 4.69) is 4.98 Å². The second-order valence-corrected chi connectivity index (χ2v) is 5.08. The van der Waals surface area contributed by atoms with E-state index in [-0.39, 0.29) is 5.91 Å². The normalized spacial score (nSPS) is 10.6. The maximum atomic E-state index is 12.2. The molecule has 1 aromatic carbocycles. The van der Waals surface area contributed by atoms with E-state index in [1.165, 1.54) is 0 Å². The van der Waals surface area contributed by atoms with E-state index in [0.717, 1.165) is 5.69 Å². The molecule has 1 amide bonds. The van der Waals surface area contributed by atoms with E-state index in [0.29, 0.717) is 28.8 Å². The van der Waals surface area contributed by atoms with Gasteiger partial charge >= 0.3 is 0 Å². The SMILES string of the molecule is CCN(CC)C(=O)c1cn(-c2ccc(Cl)cc2Cl)cn1. The zero-order chi connectivity index (χ0) is 14.7. The van der Waals surface area contributed by atoms with E-state index >= 15 is 0 Å². The van der Waals surface area contributed by atoms with Gasteiger partial charge in [0.15, 0.2) is 0 Å². The summed E-state index contributed by atoms with van der Waals surface area (Å²) in [6.07, 6.45) is 3.25. The molecule has 0 fully saturated rings. The Bertz CT molecular complexity index is 621. The van der Waals surface area contributed by atoms with Crippen molar-refractivity contribution in [1.29, 1.82) is 0 Å². The molecular weight excluding hydrogens is 297 g/mol. The van der Waals surface area contributed by atoms with E-state index in [1.807, 2.05) is 13.8 Å². The molecule has 0 radical (unpaired) electrons. The summed E-state index contributed by atoms with van der Waals surface area (Å²) in [6.45, 7) is 5.19. The van der Waals surface area contributed by atoms with Crippen LogP contribution in [0.1, 0.15) is 24.3 Å². The molecule has 106 valence electrons. The van der Waals surface area contributed by atoms with Gasteiger partial charge in [-0.15, -0.1) is 0 Å². The lowest BCUT2D eigenvalue weighted by Gasteiger charge is -2.16. The fraction of sp³-hybridized carbons (Fsp3) is 0.286. The van der Waals surface area contributed by atoms with Gasteiger partial charge in [0.1, 0.15) is 12.0 Å². The summed E-state index contributed by atoms with van der Waals surface area (Å²) in [5.41, 5.74) is 1.14. The van der Waals surface area contributed by atoms with Gasteiger partial charge in [-0.25, -0.2) is 4.98 Å². The van der Waals surface area contributed by atoms with Crippen molar-refractivity contribution in [1.82, 2.24) is 14.5 Å². The lowest BCUT2D eigenvalue weighted by Crippen LogP contribution is -2.30. The number of hydrogen-bond donors (Lipinski definition) is 0. The van der Waals surface area contributed by atoms with Gasteiger partial charge < -0.3 is 9.47 Å². The highest BCUT2D eigenvalue weighted by Gasteiger charge is 2.16. The minimum Gasteiger partial charge on any atom is -0.338 e. The van der Waals surface area contributed by atoms with Crippen LogP contribution < -0.4 is 0 Å². The van der Waals surface area contributed by atoms with Crippen molar-refractivity contribution in [3.05, 3.63) is 46.5 Å². The lowest BCUT2D eigenvalue weighted by atomic mass is 10.3. The van der Waals surface area contributed by atoms with Crippen LogP contribution >= 0.6 is 23.2 Å². The first-order chi connectivity index (χ1) is 9.56. The third-order valence-electron chi connectivity index (χ3n) is 3.04. The van der Waals surface area contributed by atoms with Crippen LogP contribution in [-0.4, -0.2) is 33.4 Å². The van der Waals surface area contributed by atoms with Crippen LogP contribution in [0.4, 0.5) is 0 Å². The van der Waals surface area contributed by atoms with Crippen molar-refractivity contribution in [3.63, 3.8) is 0 Å². The van der Waals surface area contributed by atoms with Gasteiger partial charge in [0.2, 0.25) is 0 Å². The molecule has 0 aliphatic carbocycles. The fourth-order valence-electron chi connectivity index (χ4n) is 1.93. The Morgan fingerprint density at radius 1 is 1.30 bits per heavy atom. The minimum absolute atomic E-state index is 0.0844. The molecule has 0 spiro atoms. The highest BCUT2D eigenvalue weighted by molar-refractivity contribution is 6.35. The molecule has 6 heteroatoms. The highest BCUT2D eigenvalue weighted by Crippen LogP contribution is 2.24. The Labute approximate surface area is 127 Å². The van der Waals surface area contributed by atoms with E-state index in [1.54, 1.807) is 40.2 Å². The number of amides is 1. The lowest BCUT2D eigenvalue weighted by molar-refractivity contribution is 0.0767. The second kappa shape index (κ2) is 6.29. The molecule has 0 N–H and O–H groups in total. The molecule has 0 atom stereocenters. The number of rotatable bonds is 4. The summed E-state index contributed by atoms with van der Waals surface area (Å²) in [5.74, 6) is -0.0844. The Morgan fingerprint density at radius 2 is 2.00 bits per heavy atom. The molecule has 20 heavy (non-hydrogen) atoms. The third kappa shape index (κ3) is 2.97. The molecule has 1 aromatic heterocycles. The Kier molecular flexibility index (Phi) is 4.68. The summed E-state index contributed by atoms with van der Waals surface area (Å²) >= 11 is 12.0. The van der Waals surface area contributed by atoms with Gasteiger partial charge in [0.05, 0.1) is 10.7 Å². The Hall–Kier alpha value is -1.52. The first kappa shape index (κ1) is 14.9. The molecule has 2 rings (SSSR count). The van der Waals surface area contributed by atoms with Crippen LogP contribution in [0, 0.1) is 0 Å². The fourth-order valence-corrected chi connectivity index (χ4v) is 2.43. The quantitative estimate of drug-likeness (QED) is 0.864. The molecule has 0 aliphatic heterocycles. The van der Waals surface area contributed by atoms with Gasteiger partial charge in [-0.1, -0.05) is 23.2 Å². The standard InChI is InChI=1S/C14H15Cl2N3O/c1-3-18(4-2)14(20)12-8-19(9-17-12)13-6-5-10(15)7-11(13)16/h5-9H,3-4H2,1-2H3.